The quantitative estimate of drug-likeness (QED) is 0.678. The third-order valence-corrected chi connectivity index (χ3v) is 4.95. The van der Waals surface area contributed by atoms with Gasteiger partial charge in [-0.15, -0.1) is 0 Å². The van der Waals surface area contributed by atoms with Crippen molar-refractivity contribution in [1.29, 1.82) is 0 Å². The molecule has 0 unspecified atom stereocenters. The van der Waals surface area contributed by atoms with Crippen LogP contribution in [0.15, 0.2) is 47.0 Å². The summed E-state index contributed by atoms with van der Waals surface area (Å²) in [5.41, 5.74) is 2.27. The van der Waals surface area contributed by atoms with E-state index in [4.69, 9.17) is 9.26 Å². The first kappa shape index (κ1) is 18.2. The number of aryl methyl sites for hydroxylation is 1. The number of hydrogen-bond donors (Lipinski definition) is 0. The first-order chi connectivity index (χ1) is 13.6. The summed E-state index contributed by atoms with van der Waals surface area (Å²) in [6.07, 6.45) is 1.54. The number of carbonyl (C=O) groups is 1. The summed E-state index contributed by atoms with van der Waals surface area (Å²) in [5.74, 6) is 0.164. The number of benzene rings is 2. The maximum atomic E-state index is 14.0. The summed E-state index contributed by atoms with van der Waals surface area (Å²) >= 11 is 0. The molecule has 0 aliphatic carbocycles. The Morgan fingerprint density at radius 2 is 2.04 bits per heavy atom. The molecule has 0 spiro atoms. The van der Waals surface area contributed by atoms with Crippen LogP contribution in [0.5, 0.6) is 5.75 Å². The Morgan fingerprint density at radius 3 is 2.75 bits per heavy atom. The topological polar surface area (TPSA) is 68.5 Å². The van der Waals surface area contributed by atoms with Gasteiger partial charge >= 0.3 is 0 Å². The van der Waals surface area contributed by atoms with E-state index >= 15 is 0 Å². The van der Waals surface area contributed by atoms with E-state index in [1.54, 1.807) is 11.0 Å². The van der Waals surface area contributed by atoms with E-state index < -0.39 is 5.82 Å². The van der Waals surface area contributed by atoms with Crippen LogP contribution in [0.4, 0.5) is 4.39 Å². The fraction of sp³-hybridized carbons (Fsp3) is 0.286. The lowest BCUT2D eigenvalue weighted by molar-refractivity contribution is 0.0709. The normalized spacial score (nSPS) is 16.4. The summed E-state index contributed by atoms with van der Waals surface area (Å²) < 4.78 is 24.4. The van der Waals surface area contributed by atoms with Crippen molar-refractivity contribution in [2.75, 3.05) is 13.7 Å². The van der Waals surface area contributed by atoms with E-state index in [9.17, 15) is 9.18 Å². The van der Waals surface area contributed by atoms with Crippen molar-refractivity contribution in [3.8, 4) is 17.1 Å². The predicted octanol–water partition coefficient (Wildman–Crippen LogP) is 4.17. The van der Waals surface area contributed by atoms with Gasteiger partial charge in [-0.2, -0.15) is 4.98 Å². The maximum absolute atomic E-state index is 14.0. The van der Waals surface area contributed by atoms with E-state index in [2.05, 4.69) is 10.1 Å². The lowest BCUT2D eigenvalue weighted by Gasteiger charge is -2.22. The summed E-state index contributed by atoms with van der Waals surface area (Å²) in [4.78, 5) is 19.1. The molecule has 1 atom stereocenters. The molecule has 1 amide bonds. The van der Waals surface area contributed by atoms with E-state index in [-0.39, 0.29) is 23.3 Å². The molecule has 1 aliphatic rings. The zero-order valence-electron chi connectivity index (χ0n) is 15.7. The van der Waals surface area contributed by atoms with E-state index in [0.29, 0.717) is 18.3 Å². The van der Waals surface area contributed by atoms with Gasteiger partial charge in [-0.25, -0.2) is 4.39 Å². The lowest BCUT2D eigenvalue weighted by Crippen LogP contribution is -2.30. The molecule has 7 heteroatoms. The number of likely N-dealkylation sites (tertiary alicyclic amines) is 1. The van der Waals surface area contributed by atoms with Gasteiger partial charge in [0.25, 0.3) is 5.91 Å². The lowest BCUT2D eigenvalue weighted by atomic mass is 10.1. The van der Waals surface area contributed by atoms with Gasteiger partial charge in [-0.3, -0.25) is 4.79 Å². The standard InChI is InChI=1S/C21H20FN3O3/c1-13-5-7-14(8-6-13)19-23-20(28-24-19)17-4-3-11-25(17)21(26)15-9-10-18(27-2)16(22)12-15/h5-10,12,17H,3-4,11H2,1-2H3/t17-/m0/s1. The second-order valence-corrected chi connectivity index (χ2v) is 6.83. The van der Waals surface area contributed by atoms with E-state index in [1.807, 2.05) is 31.2 Å². The Balaban J connectivity index is 1.57. The van der Waals surface area contributed by atoms with Gasteiger partial charge in [0, 0.05) is 17.7 Å². The number of amides is 1. The number of aromatic nitrogens is 2. The zero-order valence-corrected chi connectivity index (χ0v) is 15.7. The summed E-state index contributed by atoms with van der Waals surface area (Å²) in [6, 6.07) is 11.7. The van der Waals surface area contributed by atoms with E-state index in [0.717, 1.165) is 24.0 Å². The Morgan fingerprint density at radius 1 is 1.25 bits per heavy atom. The second kappa shape index (κ2) is 7.42. The van der Waals surface area contributed by atoms with Crippen molar-refractivity contribution in [2.24, 2.45) is 0 Å². The van der Waals surface area contributed by atoms with Crippen LogP contribution < -0.4 is 4.74 Å². The molecule has 3 aromatic rings. The molecule has 144 valence electrons. The Bertz CT molecular complexity index is 1000. The van der Waals surface area contributed by atoms with Gasteiger partial charge in [0.15, 0.2) is 11.6 Å². The highest BCUT2D eigenvalue weighted by Crippen LogP contribution is 2.33. The van der Waals surface area contributed by atoms with Crippen molar-refractivity contribution in [3.63, 3.8) is 0 Å². The Kier molecular flexibility index (Phi) is 4.81. The fourth-order valence-electron chi connectivity index (χ4n) is 3.42. The number of rotatable bonds is 4. The number of hydrogen-bond acceptors (Lipinski definition) is 5. The summed E-state index contributed by atoms with van der Waals surface area (Å²) in [5, 5.41) is 4.06. The van der Waals surface area contributed by atoms with Crippen molar-refractivity contribution in [1.82, 2.24) is 15.0 Å². The minimum absolute atomic E-state index is 0.106. The molecule has 0 saturated carbocycles. The van der Waals surface area contributed by atoms with Gasteiger partial charge < -0.3 is 14.2 Å². The average Bonchev–Trinajstić information content (AvgIpc) is 3.37. The smallest absolute Gasteiger partial charge is 0.254 e. The largest absolute Gasteiger partial charge is 0.494 e. The third kappa shape index (κ3) is 3.35. The highest BCUT2D eigenvalue weighted by atomic mass is 19.1. The van der Waals surface area contributed by atoms with Crippen LogP contribution in [0.1, 0.15) is 40.7 Å². The molecule has 1 fully saturated rings. The molecule has 1 aliphatic heterocycles. The fourth-order valence-corrected chi connectivity index (χ4v) is 3.42. The van der Waals surface area contributed by atoms with Gasteiger partial charge in [0.2, 0.25) is 11.7 Å². The third-order valence-electron chi connectivity index (χ3n) is 4.95. The van der Waals surface area contributed by atoms with E-state index in [1.165, 1.54) is 19.2 Å². The van der Waals surface area contributed by atoms with Crippen LogP contribution in [-0.2, 0) is 0 Å². The minimum atomic E-state index is -0.566. The van der Waals surface area contributed by atoms with Crippen LogP contribution in [0.3, 0.4) is 0 Å². The number of carbonyl (C=O) groups excluding carboxylic acids is 1. The van der Waals surface area contributed by atoms with Crippen LogP contribution in [0.25, 0.3) is 11.4 Å². The van der Waals surface area contributed by atoms with Crippen molar-refractivity contribution in [2.45, 2.75) is 25.8 Å². The molecule has 2 heterocycles. The monoisotopic (exact) mass is 381 g/mol. The number of ether oxygens (including phenoxy) is 1. The molecule has 2 aromatic carbocycles. The maximum Gasteiger partial charge on any atom is 0.254 e. The SMILES string of the molecule is COc1ccc(C(=O)N2CCC[C@H]2c2nc(-c3ccc(C)cc3)no2)cc1F. The predicted molar refractivity (Wildman–Crippen MR) is 100 cm³/mol. The van der Waals surface area contributed by atoms with Gasteiger partial charge in [0.1, 0.15) is 6.04 Å². The number of methoxy groups -OCH3 is 1. The van der Waals surface area contributed by atoms with Crippen molar-refractivity contribution in [3.05, 3.63) is 65.3 Å². The van der Waals surface area contributed by atoms with Gasteiger partial charge in [0.05, 0.1) is 7.11 Å². The molecule has 28 heavy (non-hydrogen) atoms. The molecule has 4 rings (SSSR count). The first-order valence-corrected chi connectivity index (χ1v) is 9.12. The number of halogens is 1. The highest BCUT2D eigenvalue weighted by Gasteiger charge is 2.34. The highest BCUT2D eigenvalue weighted by molar-refractivity contribution is 5.94. The number of nitrogens with zero attached hydrogens (tertiary/aromatic N) is 3. The molecule has 0 N–H and O–H groups in total. The van der Waals surface area contributed by atoms with Gasteiger partial charge in [-0.1, -0.05) is 35.0 Å². The summed E-state index contributed by atoms with van der Waals surface area (Å²) in [7, 11) is 1.39. The van der Waals surface area contributed by atoms with Crippen molar-refractivity contribution >= 4 is 5.91 Å². The summed E-state index contributed by atoms with van der Waals surface area (Å²) in [6.45, 7) is 2.56. The minimum Gasteiger partial charge on any atom is -0.494 e. The molecular formula is C21H20FN3O3. The zero-order chi connectivity index (χ0) is 19.7. The molecule has 1 saturated heterocycles. The molecule has 1 aromatic heterocycles. The molecule has 0 radical (unpaired) electrons. The Labute approximate surface area is 161 Å². The first-order valence-electron chi connectivity index (χ1n) is 9.12. The van der Waals surface area contributed by atoms with Gasteiger partial charge in [-0.05, 0) is 38.0 Å². The van der Waals surface area contributed by atoms with Crippen LogP contribution >= 0.6 is 0 Å². The van der Waals surface area contributed by atoms with Crippen LogP contribution in [-0.4, -0.2) is 34.6 Å². The van der Waals surface area contributed by atoms with Crippen molar-refractivity contribution < 1.29 is 18.4 Å². The second-order valence-electron chi connectivity index (χ2n) is 6.83. The Hall–Kier alpha value is -3.22. The molecule has 6 nitrogen and oxygen atoms in total. The average molecular weight is 381 g/mol. The van der Waals surface area contributed by atoms with Crippen LogP contribution in [0.2, 0.25) is 0 Å². The molecule has 0 bridgehead atoms. The van der Waals surface area contributed by atoms with Crippen LogP contribution in [0, 0.1) is 12.7 Å². The molecular weight excluding hydrogens is 361 g/mol.